The highest BCUT2D eigenvalue weighted by Crippen LogP contribution is 2.60. The molecule has 3 aliphatic carbocycles. The highest BCUT2D eigenvalue weighted by molar-refractivity contribution is 5.96. The van der Waals surface area contributed by atoms with Crippen molar-refractivity contribution >= 4 is 5.70 Å². The van der Waals surface area contributed by atoms with E-state index < -0.39 is 0 Å². The molecule has 6 aromatic carbocycles. The molecule has 0 aromatic heterocycles. The lowest BCUT2D eigenvalue weighted by molar-refractivity contribution is 0.353. The maximum Gasteiger partial charge on any atom is 0.104 e. The minimum atomic E-state index is -0.0859. The number of benzene rings is 6. The van der Waals surface area contributed by atoms with Crippen LogP contribution in [0.3, 0.4) is 0 Å². The van der Waals surface area contributed by atoms with E-state index in [-0.39, 0.29) is 23.0 Å². The lowest BCUT2D eigenvalue weighted by Crippen LogP contribution is -2.39. The second-order valence-corrected chi connectivity index (χ2v) is 15.7. The summed E-state index contributed by atoms with van der Waals surface area (Å²) in [6.07, 6.45) is 8.81. The molecule has 10 rings (SSSR count). The Morgan fingerprint density at radius 3 is 1.98 bits per heavy atom. The van der Waals surface area contributed by atoms with Crippen LogP contribution in [-0.2, 0) is 10.8 Å². The molecule has 0 amide bonds. The quantitative estimate of drug-likeness (QED) is 0.197. The van der Waals surface area contributed by atoms with Gasteiger partial charge in [-0.3, -0.25) is 5.32 Å². The van der Waals surface area contributed by atoms with E-state index in [0.29, 0.717) is 0 Å². The molecule has 1 spiro atoms. The van der Waals surface area contributed by atoms with Gasteiger partial charge in [0.15, 0.2) is 0 Å². The summed E-state index contributed by atoms with van der Waals surface area (Å²) in [6.45, 7) is 4.86. The fourth-order valence-electron chi connectivity index (χ4n) is 10.0. The lowest BCUT2D eigenvalue weighted by atomic mass is 9.67. The molecule has 0 bridgehead atoms. The summed E-state index contributed by atoms with van der Waals surface area (Å²) in [5.41, 5.74) is 19.3. The molecule has 1 fully saturated rings. The van der Waals surface area contributed by atoms with Gasteiger partial charge in [0.25, 0.3) is 0 Å². The predicted octanol–water partition coefficient (Wildman–Crippen LogP) is 11.9. The fourth-order valence-corrected chi connectivity index (χ4v) is 10.0. The summed E-state index contributed by atoms with van der Waals surface area (Å²) in [5, 5.41) is 7.72. The molecule has 2 unspecified atom stereocenters. The van der Waals surface area contributed by atoms with Crippen molar-refractivity contribution in [3.05, 3.63) is 185 Å². The normalized spacial score (nSPS) is 20.5. The Labute approximate surface area is 302 Å². The Hall–Kier alpha value is -5.18. The van der Waals surface area contributed by atoms with Gasteiger partial charge in [-0.2, -0.15) is 0 Å². The van der Waals surface area contributed by atoms with Crippen LogP contribution in [0.1, 0.15) is 97.1 Å². The van der Waals surface area contributed by atoms with E-state index in [4.69, 9.17) is 0 Å². The van der Waals surface area contributed by atoms with Crippen molar-refractivity contribution in [2.24, 2.45) is 0 Å². The van der Waals surface area contributed by atoms with E-state index in [0.717, 1.165) is 5.70 Å². The van der Waals surface area contributed by atoms with Gasteiger partial charge in [0.2, 0.25) is 0 Å². The Bertz CT molecular complexity index is 2320. The zero-order valence-corrected chi connectivity index (χ0v) is 29.5. The summed E-state index contributed by atoms with van der Waals surface area (Å²) in [4.78, 5) is 0. The van der Waals surface area contributed by atoms with Crippen LogP contribution < -0.4 is 10.6 Å². The molecule has 2 N–H and O–H groups in total. The number of hydrogen-bond acceptors (Lipinski definition) is 2. The third kappa shape index (κ3) is 4.73. The predicted molar refractivity (Wildman–Crippen MR) is 211 cm³/mol. The Balaban J connectivity index is 1.10. The third-order valence-electron chi connectivity index (χ3n) is 12.5. The summed E-state index contributed by atoms with van der Waals surface area (Å²) < 4.78 is 0. The Kier molecular flexibility index (Phi) is 7.02. The highest BCUT2D eigenvalue weighted by Gasteiger charge is 2.46. The molecule has 1 saturated carbocycles. The van der Waals surface area contributed by atoms with Crippen molar-refractivity contribution in [1.29, 1.82) is 0 Å². The van der Waals surface area contributed by atoms with Gasteiger partial charge in [-0.1, -0.05) is 154 Å². The summed E-state index contributed by atoms with van der Waals surface area (Å²) in [6, 6.07) is 52.3. The first-order chi connectivity index (χ1) is 25.0. The van der Waals surface area contributed by atoms with Crippen molar-refractivity contribution < 1.29 is 0 Å². The van der Waals surface area contributed by atoms with Gasteiger partial charge in [-0.25, -0.2) is 0 Å². The van der Waals surface area contributed by atoms with Gasteiger partial charge >= 0.3 is 0 Å². The standard InChI is InChI=1S/C49H44N2/c1-48(2)41-25-15-23-36(46(41)39-30-43-38(29-42(39)48)37-22-10-11-24-40(37)49(43)26-12-5-13-27-49)34-20-14-21-35(28-34)45-31-44(32-16-6-3-7-17-32)50-47(51-45)33-18-8-4-9-19-33/h3-4,6-11,14-25,28-31,45,47,50-51H,5,12-13,26-27H2,1-2H3. The Morgan fingerprint density at radius 1 is 0.510 bits per heavy atom. The third-order valence-corrected chi connectivity index (χ3v) is 12.5. The largest absolute Gasteiger partial charge is 0.366 e. The zero-order valence-electron chi connectivity index (χ0n) is 29.5. The molecule has 1 heterocycles. The van der Waals surface area contributed by atoms with Crippen molar-refractivity contribution in [3.8, 4) is 33.4 Å². The highest BCUT2D eigenvalue weighted by atomic mass is 15.2. The zero-order chi connectivity index (χ0) is 34.2. The summed E-state index contributed by atoms with van der Waals surface area (Å²) >= 11 is 0. The number of hydrogen-bond donors (Lipinski definition) is 2. The number of nitrogens with one attached hydrogen (secondary N) is 2. The van der Waals surface area contributed by atoms with Crippen LogP contribution in [0, 0.1) is 0 Å². The number of rotatable bonds is 4. The first kappa shape index (κ1) is 30.6. The van der Waals surface area contributed by atoms with Gasteiger partial charge in [-0.05, 0) is 109 Å². The minimum absolute atomic E-state index is 0.00737. The maximum absolute atomic E-state index is 3.93. The van der Waals surface area contributed by atoms with Crippen LogP contribution in [0.4, 0.5) is 0 Å². The molecular weight excluding hydrogens is 617 g/mol. The van der Waals surface area contributed by atoms with E-state index >= 15 is 0 Å². The molecule has 6 aromatic rings. The maximum atomic E-state index is 3.93. The molecule has 0 saturated heterocycles. The van der Waals surface area contributed by atoms with E-state index in [1.165, 1.54) is 93.3 Å². The fraction of sp³-hybridized carbons (Fsp3) is 0.224. The van der Waals surface area contributed by atoms with Gasteiger partial charge in [-0.15, -0.1) is 0 Å². The van der Waals surface area contributed by atoms with Crippen LogP contribution in [0.15, 0.2) is 146 Å². The summed E-state index contributed by atoms with van der Waals surface area (Å²) in [7, 11) is 0. The molecule has 2 nitrogen and oxygen atoms in total. The summed E-state index contributed by atoms with van der Waals surface area (Å²) in [5.74, 6) is 0. The first-order valence-electron chi connectivity index (χ1n) is 18.9. The average molecular weight is 661 g/mol. The second kappa shape index (κ2) is 11.7. The van der Waals surface area contributed by atoms with Gasteiger partial charge in [0.1, 0.15) is 6.17 Å². The van der Waals surface area contributed by atoms with Crippen LogP contribution in [0.5, 0.6) is 0 Å². The molecule has 1 aliphatic heterocycles. The van der Waals surface area contributed by atoms with Crippen molar-refractivity contribution in [2.75, 3.05) is 0 Å². The monoisotopic (exact) mass is 660 g/mol. The van der Waals surface area contributed by atoms with Crippen LogP contribution >= 0.6 is 0 Å². The van der Waals surface area contributed by atoms with Crippen molar-refractivity contribution in [3.63, 3.8) is 0 Å². The molecule has 4 aliphatic rings. The topological polar surface area (TPSA) is 24.1 Å². The minimum Gasteiger partial charge on any atom is -0.366 e. The molecule has 0 radical (unpaired) electrons. The lowest BCUT2D eigenvalue weighted by Gasteiger charge is -2.36. The molecule has 250 valence electrons. The molecule has 2 heteroatoms. The van der Waals surface area contributed by atoms with Gasteiger partial charge in [0.05, 0.1) is 6.04 Å². The second-order valence-electron chi connectivity index (χ2n) is 15.7. The van der Waals surface area contributed by atoms with Crippen molar-refractivity contribution in [1.82, 2.24) is 10.6 Å². The van der Waals surface area contributed by atoms with E-state index in [1.807, 2.05) is 0 Å². The molecular formula is C49H44N2. The van der Waals surface area contributed by atoms with Gasteiger partial charge in [0, 0.05) is 16.5 Å². The average Bonchev–Trinajstić information content (AvgIpc) is 3.59. The smallest absolute Gasteiger partial charge is 0.104 e. The first-order valence-corrected chi connectivity index (χ1v) is 18.9. The molecule has 2 atom stereocenters. The van der Waals surface area contributed by atoms with Crippen LogP contribution in [0.25, 0.3) is 39.1 Å². The Morgan fingerprint density at radius 2 is 1.16 bits per heavy atom. The van der Waals surface area contributed by atoms with E-state index in [1.54, 1.807) is 11.1 Å². The van der Waals surface area contributed by atoms with Crippen molar-refractivity contribution in [2.45, 2.75) is 69.0 Å². The number of fused-ring (bicyclic) bond motifs is 8. The van der Waals surface area contributed by atoms with E-state index in [9.17, 15) is 0 Å². The van der Waals surface area contributed by atoms with Gasteiger partial charge < -0.3 is 5.32 Å². The SMILES string of the molecule is CC1(C)c2cc3c(cc2-c2c(-c4cccc(C5C=C(c6ccccc6)NC(c6ccccc6)N5)c4)cccc21)C1(CCCCC1)c1ccccc1-3. The van der Waals surface area contributed by atoms with E-state index in [2.05, 4.69) is 170 Å². The van der Waals surface area contributed by atoms with Crippen LogP contribution in [-0.4, -0.2) is 0 Å². The van der Waals surface area contributed by atoms with Crippen LogP contribution in [0.2, 0.25) is 0 Å². The molecule has 51 heavy (non-hydrogen) atoms.